The summed E-state index contributed by atoms with van der Waals surface area (Å²) in [6.07, 6.45) is 13.9. The van der Waals surface area contributed by atoms with Gasteiger partial charge in [0.15, 0.2) is 0 Å². The van der Waals surface area contributed by atoms with Crippen LogP contribution in [0.4, 0.5) is 0 Å². The van der Waals surface area contributed by atoms with E-state index in [1.807, 2.05) is 11.8 Å². The summed E-state index contributed by atoms with van der Waals surface area (Å²) in [5.41, 5.74) is 5.71. The van der Waals surface area contributed by atoms with Crippen LogP contribution in [0.25, 0.3) is 4.91 Å². The fourth-order valence-corrected chi connectivity index (χ4v) is 3.57. The van der Waals surface area contributed by atoms with E-state index < -0.39 is 0 Å². The molecule has 0 atom stereocenters. The van der Waals surface area contributed by atoms with Crippen molar-refractivity contribution in [2.24, 2.45) is 0 Å². The standard InChI is InChI=1S/C23H34S/c1-6-10-13-20-16-21(14-11-7-2)18-22(17-20)23(24-15-9-4)19(5)12-8-3/h8-9,12,15-18H,6-7,10-11,13-14H2,1-5H3/b12-8-,15-9-,23-19-. The van der Waals surface area contributed by atoms with Crippen molar-refractivity contribution >= 4 is 16.7 Å². The van der Waals surface area contributed by atoms with E-state index in [9.17, 15) is 0 Å². The average Bonchev–Trinajstić information content (AvgIpc) is 2.58. The molecule has 0 N–H and O–H groups in total. The number of aryl methyl sites for hydroxylation is 2. The van der Waals surface area contributed by atoms with Crippen molar-refractivity contribution in [3.63, 3.8) is 0 Å². The Labute approximate surface area is 154 Å². The first-order chi connectivity index (χ1) is 11.7. The molecule has 0 aromatic heterocycles. The van der Waals surface area contributed by atoms with Gasteiger partial charge in [-0.3, -0.25) is 0 Å². The third-order valence-corrected chi connectivity index (χ3v) is 5.25. The molecule has 0 saturated heterocycles. The Balaban J connectivity index is 3.30. The third kappa shape index (κ3) is 7.13. The monoisotopic (exact) mass is 342 g/mol. The van der Waals surface area contributed by atoms with Crippen molar-refractivity contribution in [2.75, 3.05) is 0 Å². The minimum absolute atomic E-state index is 1.19. The van der Waals surface area contributed by atoms with Gasteiger partial charge < -0.3 is 0 Å². The number of unbranched alkanes of at least 4 members (excludes halogenated alkanes) is 2. The molecule has 0 bridgehead atoms. The van der Waals surface area contributed by atoms with Crippen molar-refractivity contribution in [3.8, 4) is 0 Å². The highest BCUT2D eigenvalue weighted by molar-refractivity contribution is 8.10. The second kappa shape index (κ2) is 12.2. The largest absolute Gasteiger partial charge is 0.0975 e. The van der Waals surface area contributed by atoms with Gasteiger partial charge in [0.05, 0.1) is 0 Å². The molecule has 1 aromatic rings. The van der Waals surface area contributed by atoms with Gasteiger partial charge >= 0.3 is 0 Å². The molecule has 1 heteroatoms. The molecule has 24 heavy (non-hydrogen) atoms. The van der Waals surface area contributed by atoms with Crippen LogP contribution >= 0.6 is 11.8 Å². The fraction of sp³-hybridized carbons (Fsp3) is 0.478. The minimum atomic E-state index is 1.19. The number of benzene rings is 1. The minimum Gasteiger partial charge on any atom is -0.0975 e. The molecule has 1 aromatic carbocycles. The summed E-state index contributed by atoms with van der Waals surface area (Å²) in [5.74, 6) is 0. The van der Waals surface area contributed by atoms with Crippen LogP contribution in [0.5, 0.6) is 0 Å². The van der Waals surface area contributed by atoms with Gasteiger partial charge in [0.25, 0.3) is 0 Å². The van der Waals surface area contributed by atoms with E-state index in [4.69, 9.17) is 0 Å². The predicted octanol–water partition coefficient (Wildman–Crippen LogP) is 7.95. The summed E-state index contributed by atoms with van der Waals surface area (Å²) in [4.78, 5) is 1.38. The highest BCUT2D eigenvalue weighted by Gasteiger charge is 2.08. The summed E-state index contributed by atoms with van der Waals surface area (Å²) in [6.45, 7) is 10.9. The van der Waals surface area contributed by atoms with Crippen LogP contribution in [0.2, 0.25) is 0 Å². The van der Waals surface area contributed by atoms with E-state index in [2.05, 4.69) is 76.5 Å². The van der Waals surface area contributed by atoms with Crippen LogP contribution in [0.3, 0.4) is 0 Å². The summed E-state index contributed by atoms with van der Waals surface area (Å²) < 4.78 is 0. The molecule has 0 amide bonds. The van der Waals surface area contributed by atoms with Gasteiger partial charge in [-0.2, -0.15) is 0 Å². The Kier molecular flexibility index (Phi) is 10.6. The maximum Gasteiger partial charge on any atom is 0.0217 e. The van der Waals surface area contributed by atoms with Crippen molar-refractivity contribution < 1.29 is 0 Å². The van der Waals surface area contributed by atoms with Crippen molar-refractivity contribution in [1.29, 1.82) is 0 Å². The van der Waals surface area contributed by atoms with Gasteiger partial charge in [0.2, 0.25) is 0 Å². The molecular weight excluding hydrogens is 308 g/mol. The molecule has 0 unspecified atom stereocenters. The number of allylic oxidation sites excluding steroid dienone is 4. The number of rotatable bonds is 10. The summed E-state index contributed by atoms with van der Waals surface area (Å²) >= 11 is 1.84. The van der Waals surface area contributed by atoms with Crippen LogP contribution in [-0.4, -0.2) is 0 Å². The van der Waals surface area contributed by atoms with Gasteiger partial charge in [0, 0.05) is 4.91 Å². The Hall–Kier alpha value is -1.21. The molecule has 0 spiro atoms. The molecule has 132 valence electrons. The molecule has 0 radical (unpaired) electrons. The highest BCUT2D eigenvalue weighted by atomic mass is 32.2. The van der Waals surface area contributed by atoms with E-state index in [1.54, 1.807) is 0 Å². The summed E-state index contributed by atoms with van der Waals surface area (Å²) in [5, 5.41) is 2.19. The maximum absolute atomic E-state index is 2.43. The molecule has 0 fully saturated rings. The van der Waals surface area contributed by atoms with Gasteiger partial charge in [-0.25, -0.2) is 0 Å². The van der Waals surface area contributed by atoms with Gasteiger partial charge in [0.1, 0.15) is 0 Å². The number of hydrogen-bond acceptors (Lipinski definition) is 1. The van der Waals surface area contributed by atoms with Crippen LogP contribution < -0.4 is 0 Å². The molecular formula is C23H34S. The summed E-state index contributed by atoms with van der Waals surface area (Å²) in [7, 11) is 0. The van der Waals surface area contributed by atoms with Gasteiger partial charge in [-0.1, -0.05) is 74.9 Å². The Morgan fingerprint density at radius 3 is 1.96 bits per heavy atom. The zero-order valence-electron chi connectivity index (χ0n) is 16.2. The van der Waals surface area contributed by atoms with Crippen LogP contribution in [0.1, 0.15) is 77.0 Å². The number of thioether (sulfide) groups is 1. The molecule has 1 rings (SSSR count). The van der Waals surface area contributed by atoms with Gasteiger partial charge in [-0.15, -0.1) is 0 Å². The van der Waals surface area contributed by atoms with Crippen molar-refractivity contribution in [3.05, 3.63) is 64.1 Å². The first-order valence-electron chi connectivity index (χ1n) is 9.40. The quantitative estimate of drug-likeness (QED) is 0.389. The lowest BCUT2D eigenvalue weighted by atomic mass is 9.97. The molecule has 0 heterocycles. The third-order valence-electron chi connectivity index (χ3n) is 4.05. The predicted molar refractivity (Wildman–Crippen MR) is 113 cm³/mol. The summed E-state index contributed by atoms with van der Waals surface area (Å²) in [6, 6.07) is 7.24. The zero-order chi connectivity index (χ0) is 17.8. The Morgan fingerprint density at radius 2 is 1.50 bits per heavy atom. The van der Waals surface area contributed by atoms with Crippen molar-refractivity contribution in [1.82, 2.24) is 0 Å². The molecule has 0 aliphatic rings. The lowest BCUT2D eigenvalue weighted by molar-refractivity contribution is 0.780. The van der Waals surface area contributed by atoms with Gasteiger partial charge in [-0.05, 0) is 74.1 Å². The van der Waals surface area contributed by atoms with E-state index in [1.165, 1.54) is 65.7 Å². The Morgan fingerprint density at radius 1 is 0.917 bits per heavy atom. The second-order valence-electron chi connectivity index (χ2n) is 6.34. The maximum atomic E-state index is 2.43. The molecule has 0 aliphatic carbocycles. The smallest absolute Gasteiger partial charge is 0.0217 e. The van der Waals surface area contributed by atoms with Crippen LogP contribution in [0, 0.1) is 0 Å². The Bertz CT molecular complexity index is 549. The second-order valence-corrected chi connectivity index (χ2v) is 7.26. The van der Waals surface area contributed by atoms with Crippen molar-refractivity contribution in [2.45, 2.75) is 73.1 Å². The normalized spacial score (nSPS) is 13.0. The lowest BCUT2D eigenvalue weighted by Gasteiger charge is -2.13. The SMILES string of the molecule is C/C=C\S/C(=C(C)\C=C/C)c1cc(CCCC)cc(CCCC)c1. The highest BCUT2D eigenvalue weighted by Crippen LogP contribution is 2.34. The lowest BCUT2D eigenvalue weighted by Crippen LogP contribution is -1.95. The number of hydrogen-bond donors (Lipinski definition) is 0. The van der Waals surface area contributed by atoms with Crippen LogP contribution in [-0.2, 0) is 12.8 Å². The first-order valence-corrected chi connectivity index (χ1v) is 10.3. The van der Waals surface area contributed by atoms with E-state index in [0.717, 1.165) is 0 Å². The van der Waals surface area contributed by atoms with E-state index in [0.29, 0.717) is 0 Å². The molecule has 0 nitrogen and oxygen atoms in total. The molecule has 0 aliphatic heterocycles. The van der Waals surface area contributed by atoms with Crippen LogP contribution in [0.15, 0.2) is 47.4 Å². The first kappa shape index (κ1) is 20.8. The fourth-order valence-electron chi connectivity index (χ4n) is 2.79. The average molecular weight is 343 g/mol. The molecule has 0 saturated carbocycles. The van der Waals surface area contributed by atoms with E-state index >= 15 is 0 Å². The van der Waals surface area contributed by atoms with E-state index in [-0.39, 0.29) is 0 Å². The zero-order valence-corrected chi connectivity index (χ0v) is 17.0. The topological polar surface area (TPSA) is 0 Å².